The maximum absolute atomic E-state index is 9.52. The zero-order valence-corrected chi connectivity index (χ0v) is 12.6. The standard InChI is InChI=1S/C14H24N2OS/c1-10(17)12-9-18-13(15-12)16(4)11-5-7-14(2,3)8-6-11/h9-11,17H,5-8H2,1-4H3. The van der Waals surface area contributed by atoms with Gasteiger partial charge in [-0.25, -0.2) is 4.98 Å². The molecule has 1 aromatic rings. The van der Waals surface area contributed by atoms with E-state index in [4.69, 9.17) is 0 Å². The number of aliphatic hydroxyl groups is 1. The van der Waals surface area contributed by atoms with Crippen LogP contribution in [0.5, 0.6) is 0 Å². The fraction of sp³-hybridized carbons (Fsp3) is 0.786. The lowest BCUT2D eigenvalue weighted by Gasteiger charge is -2.38. The molecule has 1 saturated carbocycles. The van der Waals surface area contributed by atoms with Crippen LogP contribution in [0.15, 0.2) is 5.38 Å². The zero-order valence-electron chi connectivity index (χ0n) is 11.8. The largest absolute Gasteiger partial charge is 0.387 e. The Morgan fingerprint density at radius 1 is 1.44 bits per heavy atom. The lowest BCUT2D eigenvalue weighted by Crippen LogP contribution is -2.37. The van der Waals surface area contributed by atoms with E-state index in [1.807, 2.05) is 5.38 Å². The summed E-state index contributed by atoms with van der Waals surface area (Å²) in [5, 5.41) is 12.5. The summed E-state index contributed by atoms with van der Waals surface area (Å²) < 4.78 is 0. The van der Waals surface area contributed by atoms with E-state index in [0.29, 0.717) is 11.5 Å². The molecule has 0 spiro atoms. The second-order valence-electron chi connectivity index (χ2n) is 6.24. The van der Waals surface area contributed by atoms with E-state index in [1.165, 1.54) is 25.7 Å². The summed E-state index contributed by atoms with van der Waals surface area (Å²) in [5.74, 6) is 0. The maximum Gasteiger partial charge on any atom is 0.185 e. The number of aliphatic hydroxyl groups excluding tert-OH is 1. The van der Waals surface area contributed by atoms with Crippen molar-refractivity contribution in [2.24, 2.45) is 5.41 Å². The van der Waals surface area contributed by atoms with E-state index in [1.54, 1.807) is 18.3 Å². The van der Waals surface area contributed by atoms with Gasteiger partial charge in [0.05, 0.1) is 11.8 Å². The van der Waals surface area contributed by atoms with Crippen LogP contribution < -0.4 is 4.90 Å². The van der Waals surface area contributed by atoms with Gasteiger partial charge in [-0.1, -0.05) is 13.8 Å². The normalized spacial score (nSPS) is 21.8. The van der Waals surface area contributed by atoms with Crippen LogP contribution >= 0.6 is 11.3 Å². The van der Waals surface area contributed by atoms with Crippen LogP contribution in [-0.4, -0.2) is 23.2 Å². The Hall–Kier alpha value is -0.610. The summed E-state index contributed by atoms with van der Waals surface area (Å²) in [6.45, 7) is 6.48. The van der Waals surface area contributed by atoms with Gasteiger partial charge < -0.3 is 10.0 Å². The molecule has 102 valence electrons. The molecule has 1 heterocycles. The number of rotatable bonds is 3. The number of aromatic nitrogens is 1. The monoisotopic (exact) mass is 268 g/mol. The minimum absolute atomic E-state index is 0.464. The third kappa shape index (κ3) is 3.04. The summed E-state index contributed by atoms with van der Waals surface area (Å²) >= 11 is 1.63. The summed E-state index contributed by atoms with van der Waals surface area (Å²) in [6.07, 6.45) is 4.60. The minimum atomic E-state index is -0.464. The summed E-state index contributed by atoms with van der Waals surface area (Å²) in [5.41, 5.74) is 1.29. The van der Waals surface area contributed by atoms with Gasteiger partial charge >= 0.3 is 0 Å². The first-order chi connectivity index (χ1) is 8.39. The van der Waals surface area contributed by atoms with Crippen molar-refractivity contribution in [1.82, 2.24) is 4.98 Å². The lowest BCUT2D eigenvalue weighted by molar-refractivity contribution is 0.195. The van der Waals surface area contributed by atoms with Crippen molar-refractivity contribution >= 4 is 16.5 Å². The van der Waals surface area contributed by atoms with Gasteiger partial charge in [-0.05, 0) is 38.0 Å². The van der Waals surface area contributed by atoms with Crippen LogP contribution in [0.25, 0.3) is 0 Å². The lowest BCUT2D eigenvalue weighted by atomic mass is 9.75. The molecule has 4 heteroatoms. The highest BCUT2D eigenvalue weighted by Crippen LogP contribution is 2.38. The molecule has 1 unspecified atom stereocenters. The van der Waals surface area contributed by atoms with E-state index in [9.17, 15) is 5.11 Å². The number of anilines is 1. The van der Waals surface area contributed by atoms with Crippen LogP contribution in [0.4, 0.5) is 5.13 Å². The second kappa shape index (κ2) is 5.17. The number of hydrogen-bond donors (Lipinski definition) is 1. The molecule has 0 bridgehead atoms. The van der Waals surface area contributed by atoms with Gasteiger partial charge in [-0.3, -0.25) is 0 Å². The van der Waals surface area contributed by atoms with E-state index in [2.05, 4.69) is 30.8 Å². The topological polar surface area (TPSA) is 36.4 Å². The molecule has 0 aromatic carbocycles. The van der Waals surface area contributed by atoms with Crippen molar-refractivity contribution in [3.8, 4) is 0 Å². The van der Waals surface area contributed by atoms with Crippen molar-refractivity contribution in [3.05, 3.63) is 11.1 Å². The summed E-state index contributed by atoms with van der Waals surface area (Å²) in [6, 6.07) is 0.603. The van der Waals surface area contributed by atoms with Gasteiger partial charge in [0.2, 0.25) is 0 Å². The Morgan fingerprint density at radius 3 is 2.56 bits per heavy atom. The Kier molecular flexibility index (Phi) is 3.97. The number of hydrogen-bond acceptors (Lipinski definition) is 4. The van der Waals surface area contributed by atoms with Gasteiger partial charge in [0, 0.05) is 18.5 Å². The average Bonchev–Trinajstić information content (AvgIpc) is 2.77. The first-order valence-corrected chi connectivity index (χ1v) is 7.63. The molecule has 18 heavy (non-hydrogen) atoms. The first kappa shape index (κ1) is 13.8. The molecule has 1 atom stereocenters. The van der Waals surface area contributed by atoms with Gasteiger partial charge in [0.15, 0.2) is 5.13 Å². The average molecular weight is 268 g/mol. The van der Waals surface area contributed by atoms with Crippen LogP contribution in [-0.2, 0) is 0 Å². The van der Waals surface area contributed by atoms with E-state index < -0.39 is 6.10 Å². The highest BCUT2D eigenvalue weighted by molar-refractivity contribution is 7.13. The SMILES string of the molecule is CC(O)c1csc(N(C)C2CCC(C)(C)CC2)n1. The molecule has 1 N–H and O–H groups in total. The Balaban J connectivity index is 2.00. The highest BCUT2D eigenvalue weighted by atomic mass is 32.1. The molecule has 0 aliphatic heterocycles. The zero-order chi connectivity index (χ0) is 13.3. The molecule has 1 aromatic heterocycles. The molecule has 1 fully saturated rings. The van der Waals surface area contributed by atoms with Crippen molar-refractivity contribution in [2.75, 3.05) is 11.9 Å². The third-order valence-corrected chi connectivity index (χ3v) is 5.05. The Bertz CT molecular complexity index is 390. The number of thiazole rings is 1. The molecule has 0 radical (unpaired) electrons. The molecule has 3 nitrogen and oxygen atoms in total. The highest BCUT2D eigenvalue weighted by Gasteiger charge is 2.29. The molecule has 0 amide bonds. The molecule has 1 aliphatic carbocycles. The van der Waals surface area contributed by atoms with Crippen molar-refractivity contribution in [3.63, 3.8) is 0 Å². The Morgan fingerprint density at radius 2 is 2.06 bits per heavy atom. The van der Waals surface area contributed by atoms with Crippen LogP contribution in [0.3, 0.4) is 0 Å². The maximum atomic E-state index is 9.52. The molecule has 1 aliphatic rings. The van der Waals surface area contributed by atoms with Crippen LogP contribution in [0.2, 0.25) is 0 Å². The fourth-order valence-electron chi connectivity index (χ4n) is 2.56. The minimum Gasteiger partial charge on any atom is -0.387 e. The predicted molar refractivity (Wildman–Crippen MR) is 77.2 cm³/mol. The van der Waals surface area contributed by atoms with Gasteiger partial charge in [-0.15, -0.1) is 11.3 Å². The van der Waals surface area contributed by atoms with E-state index >= 15 is 0 Å². The Labute approximate surface area is 114 Å². The molecular formula is C14H24N2OS. The van der Waals surface area contributed by atoms with Gasteiger partial charge in [0.25, 0.3) is 0 Å². The van der Waals surface area contributed by atoms with E-state index in [0.717, 1.165) is 10.8 Å². The van der Waals surface area contributed by atoms with Gasteiger partial charge in [-0.2, -0.15) is 0 Å². The quantitative estimate of drug-likeness (QED) is 0.910. The smallest absolute Gasteiger partial charge is 0.185 e. The van der Waals surface area contributed by atoms with Crippen LogP contribution in [0.1, 0.15) is 58.3 Å². The predicted octanol–water partition coefficient (Wildman–Crippen LogP) is 3.60. The van der Waals surface area contributed by atoms with Crippen molar-refractivity contribution in [2.45, 2.75) is 58.6 Å². The molecule has 2 rings (SSSR count). The van der Waals surface area contributed by atoms with Gasteiger partial charge in [0.1, 0.15) is 0 Å². The molecule has 0 saturated heterocycles. The summed E-state index contributed by atoms with van der Waals surface area (Å²) in [7, 11) is 2.13. The third-order valence-electron chi connectivity index (χ3n) is 4.10. The van der Waals surface area contributed by atoms with Crippen molar-refractivity contribution < 1.29 is 5.11 Å². The van der Waals surface area contributed by atoms with Crippen molar-refractivity contribution in [1.29, 1.82) is 0 Å². The fourth-order valence-corrected chi connectivity index (χ4v) is 3.51. The molecular weight excluding hydrogens is 244 g/mol. The number of nitrogens with zero attached hydrogens (tertiary/aromatic N) is 2. The second-order valence-corrected chi connectivity index (χ2v) is 7.07. The van der Waals surface area contributed by atoms with Crippen LogP contribution in [0, 0.1) is 5.41 Å². The first-order valence-electron chi connectivity index (χ1n) is 6.75. The summed E-state index contributed by atoms with van der Waals surface area (Å²) in [4.78, 5) is 6.81. The van der Waals surface area contributed by atoms with E-state index in [-0.39, 0.29) is 0 Å².